The quantitative estimate of drug-likeness (QED) is 0.434. The summed E-state index contributed by atoms with van der Waals surface area (Å²) in [4.78, 5) is 15.9. The Morgan fingerprint density at radius 3 is 2.23 bits per heavy atom. The predicted molar refractivity (Wildman–Crippen MR) is 121 cm³/mol. The second-order valence-corrected chi connectivity index (χ2v) is 7.70. The van der Waals surface area contributed by atoms with E-state index in [1.165, 1.54) is 0 Å². The number of nitrogens with one attached hydrogen (secondary N) is 1. The lowest BCUT2D eigenvalue weighted by molar-refractivity contribution is 0.248. The molecule has 0 aliphatic heterocycles. The zero-order chi connectivity index (χ0) is 21.0. The van der Waals surface area contributed by atoms with Crippen molar-refractivity contribution in [3.05, 3.63) is 96.1 Å². The van der Waals surface area contributed by atoms with Crippen LogP contribution in [0.3, 0.4) is 0 Å². The van der Waals surface area contributed by atoms with E-state index in [0.717, 1.165) is 21.9 Å². The van der Waals surface area contributed by atoms with Crippen molar-refractivity contribution in [2.45, 2.75) is 6.54 Å². The van der Waals surface area contributed by atoms with Gasteiger partial charge in [-0.1, -0.05) is 42.5 Å². The third-order valence-electron chi connectivity index (χ3n) is 4.73. The van der Waals surface area contributed by atoms with Crippen molar-refractivity contribution in [2.24, 2.45) is 0 Å². The van der Waals surface area contributed by atoms with Gasteiger partial charge in [-0.25, -0.2) is 4.79 Å². The van der Waals surface area contributed by atoms with Crippen molar-refractivity contribution < 1.29 is 4.79 Å². The molecule has 3 aromatic heterocycles. The fourth-order valence-corrected chi connectivity index (χ4v) is 3.96. The van der Waals surface area contributed by atoms with Crippen LogP contribution in [-0.4, -0.2) is 25.8 Å². The lowest BCUT2D eigenvalue weighted by Gasteiger charge is -2.23. The van der Waals surface area contributed by atoms with E-state index in [9.17, 15) is 4.79 Å². The number of benzene rings is 2. The summed E-state index contributed by atoms with van der Waals surface area (Å²) in [6.07, 6.45) is 0. The van der Waals surface area contributed by atoms with E-state index in [1.807, 2.05) is 90.3 Å². The summed E-state index contributed by atoms with van der Waals surface area (Å²) in [5.41, 5.74) is 3.02. The number of rotatable bonds is 5. The Bertz CT molecular complexity index is 1260. The molecule has 0 spiro atoms. The van der Waals surface area contributed by atoms with E-state index in [4.69, 9.17) is 0 Å². The third-order valence-corrected chi connectivity index (χ3v) is 5.62. The van der Waals surface area contributed by atoms with Gasteiger partial charge in [-0.05, 0) is 47.8 Å². The molecule has 3 heterocycles. The van der Waals surface area contributed by atoms with Crippen LogP contribution < -0.4 is 10.2 Å². The topological polar surface area (TPSA) is 75.4 Å². The van der Waals surface area contributed by atoms with E-state index in [0.29, 0.717) is 11.5 Å². The largest absolute Gasteiger partial charge is 0.330 e. The van der Waals surface area contributed by atoms with Crippen molar-refractivity contribution in [2.75, 3.05) is 4.90 Å². The van der Waals surface area contributed by atoms with Crippen molar-refractivity contribution in [3.8, 4) is 10.6 Å². The van der Waals surface area contributed by atoms with E-state index >= 15 is 0 Å². The number of urea groups is 1. The molecule has 31 heavy (non-hydrogen) atoms. The van der Waals surface area contributed by atoms with Crippen LogP contribution in [0.2, 0.25) is 0 Å². The third kappa shape index (κ3) is 3.88. The second kappa shape index (κ2) is 8.37. The maximum Gasteiger partial charge on any atom is 0.326 e. The molecule has 0 aliphatic carbocycles. The number of anilines is 2. The average Bonchev–Trinajstić information content (AvgIpc) is 3.49. The number of carbonyl (C=O) groups excluding carboxylic acids is 1. The monoisotopic (exact) mass is 426 g/mol. The van der Waals surface area contributed by atoms with E-state index in [1.54, 1.807) is 20.8 Å². The first-order chi connectivity index (χ1) is 15.3. The molecule has 0 unspecified atom stereocenters. The molecule has 0 saturated heterocycles. The Morgan fingerprint density at radius 1 is 0.871 bits per heavy atom. The molecule has 2 amide bonds. The minimum Gasteiger partial charge on any atom is -0.330 e. The summed E-state index contributed by atoms with van der Waals surface area (Å²) >= 11 is 1.62. The van der Waals surface area contributed by atoms with Gasteiger partial charge in [0.25, 0.3) is 0 Å². The van der Waals surface area contributed by atoms with Crippen molar-refractivity contribution in [1.29, 1.82) is 0 Å². The first kappa shape index (κ1) is 19.0. The zero-order valence-electron chi connectivity index (χ0n) is 16.4. The van der Waals surface area contributed by atoms with Gasteiger partial charge in [-0.3, -0.25) is 4.90 Å². The number of carbonyl (C=O) groups is 1. The van der Waals surface area contributed by atoms with Crippen LogP contribution in [0.1, 0.15) is 5.82 Å². The van der Waals surface area contributed by atoms with Gasteiger partial charge in [0.2, 0.25) is 0 Å². The smallest absolute Gasteiger partial charge is 0.326 e. The molecular weight excluding hydrogens is 408 g/mol. The van der Waals surface area contributed by atoms with E-state index in [2.05, 4.69) is 20.6 Å². The maximum atomic E-state index is 13.2. The van der Waals surface area contributed by atoms with Gasteiger partial charge in [0.1, 0.15) is 5.69 Å². The van der Waals surface area contributed by atoms with Gasteiger partial charge < -0.3 is 5.32 Å². The molecule has 0 saturated carbocycles. The molecule has 5 rings (SSSR count). The number of fused-ring (bicyclic) bond motifs is 1. The molecule has 0 fully saturated rings. The van der Waals surface area contributed by atoms with Crippen molar-refractivity contribution >= 4 is 34.4 Å². The minimum atomic E-state index is -0.261. The predicted octanol–water partition coefficient (Wildman–Crippen LogP) is 4.90. The van der Waals surface area contributed by atoms with Crippen molar-refractivity contribution in [3.63, 3.8) is 0 Å². The molecule has 7 nitrogen and oxygen atoms in total. The molecular formula is C23H18N6OS. The highest BCUT2D eigenvalue weighted by molar-refractivity contribution is 7.13. The summed E-state index contributed by atoms with van der Waals surface area (Å²) in [5, 5.41) is 18.0. The molecule has 5 aromatic rings. The SMILES string of the molecule is O=C(NCc1nnc2ccc(-c3cccs3)nn12)N(c1ccccc1)c1ccccc1. The summed E-state index contributed by atoms with van der Waals surface area (Å²) < 4.78 is 1.67. The Balaban J connectivity index is 1.41. The molecule has 0 aliphatic rings. The normalized spacial score (nSPS) is 10.8. The Hall–Kier alpha value is -4.04. The van der Waals surface area contributed by atoms with Gasteiger partial charge in [-0.2, -0.15) is 9.61 Å². The Kier molecular flexibility index (Phi) is 5.12. The van der Waals surface area contributed by atoms with Crippen LogP contribution in [0, 0.1) is 0 Å². The standard InChI is InChI=1S/C23H18N6OS/c30-23(28(17-8-3-1-4-9-17)18-10-5-2-6-11-18)24-16-22-26-25-21-14-13-19(27-29(21)22)20-12-7-15-31-20/h1-15H,16H2,(H,24,30). The van der Waals surface area contributed by atoms with Gasteiger partial charge in [0.15, 0.2) is 11.5 Å². The fourth-order valence-electron chi connectivity index (χ4n) is 3.27. The molecule has 0 atom stereocenters. The zero-order valence-corrected chi connectivity index (χ0v) is 17.2. The van der Waals surface area contributed by atoms with Gasteiger partial charge in [0, 0.05) is 0 Å². The fraction of sp³-hybridized carbons (Fsp3) is 0.0435. The van der Waals surface area contributed by atoms with Crippen LogP contribution in [0.15, 0.2) is 90.3 Å². The maximum absolute atomic E-state index is 13.2. The first-order valence-electron chi connectivity index (χ1n) is 9.73. The van der Waals surface area contributed by atoms with Crippen LogP contribution in [0.25, 0.3) is 16.2 Å². The summed E-state index contributed by atoms with van der Waals surface area (Å²) in [6, 6.07) is 26.6. The van der Waals surface area contributed by atoms with Gasteiger partial charge in [-0.15, -0.1) is 21.5 Å². The van der Waals surface area contributed by atoms with Crippen LogP contribution in [0.5, 0.6) is 0 Å². The molecule has 2 aromatic carbocycles. The van der Waals surface area contributed by atoms with Crippen molar-refractivity contribution in [1.82, 2.24) is 25.1 Å². The van der Waals surface area contributed by atoms with E-state index in [-0.39, 0.29) is 12.6 Å². The number of para-hydroxylation sites is 2. The first-order valence-corrected chi connectivity index (χ1v) is 10.6. The van der Waals surface area contributed by atoms with Crippen LogP contribution in [0.4, 0.5) is 16.2 Å². The van der Waals surface area contributed by atoms with Crippen LogP contribution in [-0.2, 0) is 6.54 Å². The molecule has 152 valence electrons. The number of nitrogens with zero attached hydrogens (tertiary/aromatic N) is 5. The molecule has 1 N–H and O–H groups in total. The number of thiophene rings is 1. The molecule has 0 radical (unpaired) electrons. The highest BCUT2D eigenvalue weighted by Crippen LogP contribution is 2.25. The lowest BCUT2D eigenvalue weighted by atomic mass is 10.2. The highest BCUT2D eigenvalue weighted by Gasteiger charge is 2.18. The second-order valence-electron chi connectivity index (χ2n) is 6.75. The highest BCUT2D eigenvalue weighted by atomic mass is 32.1. The number of aromatic nitrogens is 4. The Morgan fingerprint density at radius 2 is 1.58 bits per heavy atom. The van der Waals surface area contributed by atoms with Crippen LogP contribution >= 0.6 is 11.3 Å². The number of hydrogen-bond donors (Lipinski definition) is 1. The number of amides is 2. The summed E-state index contributed by atoms with van der Waals surface area (Å²) in [5.74, 6) is 0.558. The average molecular weight is 427 g/mol. The lowest BCUT2D eigenvalue weighted by Crippen LogP contribution is -2.37. The Labute approximate surface area is 182 Å². The van der Waals surface area contributed by atoms with Gasteiger partial charge in [0.05, 0.1) is 22.8 Å². The van der Waals surface area contributed by atoms with Gasteiger partial charge >= 0.3 is 6.03 Å². The minimum absolute atomic E-state index is 0.192. The number of hydrogen-bond acceptors (Lipinski definition) is 5. The molecule has 8 heteroatoms. The summed E-state index contributed by atoms with van der Waals surface area (Å²) in [7, 11) is 0. The molecule has 0 bridgehead atoms. The summed E-state index contributed by atoms with van der Waals surface area (Å²) in [6.45, 7) is 0.192. The van der Waals surface area contributed by atoms with E-state index < -0.39 is 0 Å².